The topological polar surface area (TPSA) is 26.3 Å². The number of carbonyl (C=O) groups excluding carboxylic acids is 1. The van der Waals surface area contributed by atoms with Gasteiger partial charge in [0.1, 0.15) is 12.4 Å². The van der Waals surface area contributed by atoms with Gasteiger partial charge < -0.3 is 9.53 Å². The average Bonchev–Trinajstić information content (AvgIpc) is 2.76. The summed E-state index contributed by atoms with van der Waals surface area (Å²) in [5.41, 5.74) is 0. The van der Waals surface area contributed by atoms with Crippen LogP contribution in [0.1, 0.15) is 44.9 Å². The summed E-state index contributed by atoms with van der Waals surface area (Å²) in [5, 5.41) is 0. The summed E-state index contributed by atoms with van der Waals surface area (Å²) in [6.45, 7) is 0. The lowest BCUT2D eigenvalue weighted by Crippen LogP contribution is -2.14. The Morgan fingerprint density at radius 1 is 1.15 bits per heavy atom. The first-order valence-corrected chi connectivity index (χ1v) is 5.49. The molecule has 0 N–H and O–H groups in total. The maximum Gasteiger partial charge on any atom is 0.148 e. The van der Waals surface area contributed by atoms with Gasteiger partial charge in [-0.05, 0) is 25.2 Å². The Bertz CT molecular complexity index is 173. The lowest BCUT2D eigenvalue weighted by molar-refractivity contribution is -0.117. The van der Waals surface area contributed by atoms with Gasteiger partial charge in [-0.3, -0.25) is 0 Å². The van der Waals surface area contributed by atoms with Gasteiger partial charge in [0.2, 0.25) is 0 Å². The van der Waals surface area contributed by atoms with Crippen LogP contribution in [0.25, 0.3) is 0 Å². The number of hydrogen-bond acceptors (Lipinski definition) is 2. The van der Waals surface area contributed by atoms with Crippen molar-refractivity contribution in [1.29, 1.82) is 0 Å². The summed E-state index contributed by atoms with van der Waals surface area (Å²) in [4.78, 5) is 10.5. The molecule has 2 rings (SSSR count). The molecule has 2 nitrogen and oxygen atoms in total. The molecule has 0 aromatic carbocycles. The van der Waals surface area contributed by atoms with E-state index in [1.54, 1.807) is 0 Å². The number of aldehydes is 1. The quantitative estimate of drug-likeness (QED) is 0.626. The molecule has 2 heteroatoms. The fraction of sp³-hybridized carbons (Fsp3) is 0.909. The highest BCUT2D eigenvalue weighted by atomic mass is 16.5. The molecule has 1 saturated heterocycles. The third-order valence-electron chi connectivity index (χ3n) is 3.36. The van der Waals surface area contributed by atoms with Gasteiger partial charge in [-0.25, -0.2) is 0 Å². The van der Waals surface area contributed by atoms with Gasteiger partial charge in [0.05, 0.1) is 6.10 Å². The highest BCUT2D eigenvalue weighted by Crippen LogP contribution is 2.32. The van der Waals surface area contributed by atoms with Crippen molar-refractivity contribution in [2.75, 3.05) is 0 Å². The van der Waals surface area contributed by atoms with E-state index >= 15 is 0 Å². The van der Waals surface area contributed by atoms with Crippen LogP contribution in [0.3, 0.4) is 0 Å². The molecule has 13 heavy (non-hydrogen) atoms. The standard InChI is InChI=1S/C11H18O2/c12-8-11-6-5-10(13-11)7-9-3-1-2-4-9/h8-11H,1-7H2. The van der Waals surface area contributed by atoms with Crippen molar-refractivity contribution in [2.24, 2.45) is 5.92 Å². The van der Waals surface area contributed by atoms with Crippen LogP contribution in [0.5, 0.6) is 0 Å². The first kappa shape index (κ1) is 9.20. The molecule has 1 saturated carbocycles. The van der Waals surface area contributed by atoms with Crippen LogP contribution in [0.4, 0.5) is 0 Å². The first-order chi connectivity index (χ1) is 6.38. The number of ether oxygens (including phenoxy) is 1. The molecule has 0 amide bonds. The van der Waals surface area contributed by atoms with E-state index in [0.29, 0.717) is 6.10 Å². The normalized spacial score (nSPS) is 35.4. The van der Waals surface area contributed by atoms with E-state index in [0.717, 1.165) is 25.0 Å². The molecule has 1 heterocycles. The minimum absolute atomic E-state index is 0.0913. The van der Waals surface area contributed by atoms with Gasteiger partial charge in [0.15, 0.2) is 0 Å². The Kier molecular flexibility index (Phi) is 2.99. The molecule has 2 aliphatic rings. The Labute approximate surface area is 79.7 Å². The monoisotopic (exact) mass is 182 g/mol. The van der Waals surface area contributed by atoms with Gasteiger partial charge in [0, 0.05) is 0 Å². The summed E-state index contributed by atoms with van der Waals surface area (Å²) >= 11 is 0. The Balaban J connectivity index is 1.73. The highest BCUT2D eigenvalue weighted by Gasteiger charge is 2.28. The molecule has 1 aliphatic heterocycles. The van der Waals surface area contributed by atoms with Crippen LogP contribution in [-0.2, 0) is 9.53 Å². The zero-order valence-corrected chi connectivity index (χ0v) is 8.08. The minimum atomic E-state index is -0.0913. The Hall–Kier alpha value is -0.370. The largest absolute Gasteiger partial charge is 0.368 e. The number of rotatable bonds is 3. The van der Waals surface area contributed by atoms with E-state index in [4.69, 9.17) is 4.74 Å². The van der Waals surface area contributed by atoms with Gasteiger partial charge in [-0.1, -0.05) is 25.7 Å². The molecule has 74 valence electrons. The SMILES string of the molecule is O=CC1CCC(CC2CCCC2)O1. The van der Waals surface area contributed by atoms with Crippen molar-refractivity contribution in [3.63, 3.8) is 0 Å². The molecule has 2 unspecified atom stereocenters. The van der Waals surface area contributed by atoms with Crippen molar-refractivity contribution in [1.82, 2.24) is 0 Å². The van der Waals surface area contributed by atoms with Crippen LogP contribution in [0, 0.1) is 5.92 Å². The highest BCUT2D eigenvalue weighted by molar-refractivity contribution is 5.56. The van der Waals surface area contributed by atoms with Crippen molar-refractivity contribution in [3.8, 4) is 0 Å². The molecule has 1 aliphatic carbocycles. The minimum Gasteiger partial charge on any atom is -0.368 e. The van der Waals surface area contributed by atoms with E-state index in [1.165, 1.54) is 32.1 Å². The maximum absolute atomic E-state index is 10.5. The molecule has 2 atom stereocenters. The van der Waals surface area contributed by atoms with Crippen molar-refractivity contribution in [2.45, 2.75) is 57.2 Å². The second-order valence-electron chi connectivity index (χ2n) is 4.40. The van der Waals surface area contributed by atoms with Crippen LogP contribution in [-0.4, -0.2) is 18.5 Å². The summed E-state index contributed by atoms with van der Waals surface area (Å²) in [6.07, 6.45) is 10.0. The number of carbonyl (C=O) groups is 1. The second kappa shape index (κ2) is 4.23. The average molecular weight is 182 g/mol. The second-order valence-corrected chi connectivity index (χ2v) is 4.40. The molecular weight excluding hydrogens is 164 g/mol. The van der Waals surface area contributed by atoms with Crippen molar-refractivity contribution >= 4 is 6.29 Å². The number of hydrogen-bond donors (Lipinski definition) is 0. The van der Waals surface area contributed by atoms with Gasteiger partial charge >= 0.3 is 0 Å². The van der Waals surface area contributed by atoms with Crippen LogP contribution in [0.2, 0.25) is 0 Å². The van der Waals surface area contributed by atoms with Crippen LogP contribution in [0.15, 0.2) is 0 Å². The third-order valence-corrected chi connectivity index (χ3v) is 3.36. The molecule has 0 spiro atoms. The lowest BCUT2D eigenvalue weighted by atomic mass is 9.98. The molecule has 0 bridgehead atoms. The maximum atomic E-state index is 10.5. The summed E-state index contributed by atoms with van der Waals surface area (Å²) in [5.74, 6) is 0.885. The summed E-state index contributed by atoms with van der Waals surface area (Å²) in [7, 11) is 0. The van der Waals surface area contributed by atoms with E-state index in [2.05, 4.69) is 0 Å². The molecular formula is C11H18O2. The van der Waals surface area contributed by atoms with Crippen molar-refractivity contribution < 1.29 is 9.53 Å². The fourth-order valence-corrected chi connectivity index (χ4v) is 2.62. The fourth-order valence-electron chi connectivity index (χ4n) is 2.62. The predicted molar refractivity (Wildman–Crippen MR) is 50.5 cm³/mol. The molecule has 0 radical (unpaired) electrons. The third kappa shape index (κ3) is 2.31. The lowest BCUT2D eigenvalue weighted by Gasteiger charge is -2.14. The Morgan fingerprint density at radius 3 is 2.54 bits per heavy atom. The smallest absolute Gasteiger partial charge is 0.148 e. The summed E-state index contributed by atoms with van der Waals surface area (Å²) in [6, 6.07) is 0. The molecule has 0 aromatic heterocycles. The van der Waals surface area contributed by atoms with E-state index < -0.39 is 0 Å². The van der Waals surface area contributed by atoms with Gasteiger partial charge in [-0.15, -0.1) is 0 Å². The van der Waals surface area contributed by atoms with E-state index in [1.807, 2.05) is 0 Å². The van der Waals surface area contributed by atoms with E-state index in [9.17, 15) is 4.79 Å². The van der Waals surface area contributed by atoms with Crippen LogP contribution < -0.4 is 0 Å². The predicted octanol–water partition coefficient (Wildman–Crippen LogP) is 2.31. The van der Waals surface area contributed by atoms with Gasteiger partial charge in [0.25, 0.3) is 0 Å². The first-order valence-electron chi connectivity index (χ1n) is 5.49. The summed E-state index contributed by atoms with van der Waals surface area (Å²) < 4.78 is 5.60. The zero-order chi connectivity index (χ0) is 9.10. The zero-order valence-electron chi connectivity index (χ0n) is 8.08. The molecule has 2 fully saturated rings. The molecule has 0 aromatic rings. The van der Waals surface area contributed by atoms with Crippen molar-refractivity contribution in [3.05, 3.63) is 0 Å². The van der Waals surface area contributed by atoms with Crippen LogP contribution >= 0.6 is 0 Å². The van der Waals surface area contributed by atoms with Gasteiger partial charge in [-0.2, -0.15) is 0 Å². The Morgan fingerprint density at radius 2 is 1.92 bits per heavy atom. The van der Waals surface area contributed by atoms with E-state index in [-0.39, 0.29) is 6.10 Å².